The van der Waals surface area contributed by atoms with E-state index < -0.39 is 0 Å². The second-order valence-electron chi connectivity index (χ2n) is 4.96. The smallest absolute Gasteiger partial charge is 0.161 e. The summed E-state index contributed by atoms with van der Waals surface area (Å²) < 4.78 is 11.3. The van der Waals surface area contributed by atoms with E-state index in [0.29, 0.717) is 6.61 Å². The third-order valence-electron chi connectivity index (χ3n) is 3.20. The van der Waals surface area contributed by atoms with Crippen molar-refractivity contribution in [1.29, 1.82) is 0 Å². The van der Waals surface area contributed by atoms with Crippen molar-refractivity contribution < 1.29 is 9.47 Å². The molecule has 0 saturated heterocycles. The van der Waals surface area contributed by atoms with Crippen molar-refractivity contribution in [2.75, 3.05) is 13.2 Å². The van der Waals surface area contributed by atoms with Crippen molar-refractivity contribution in [3.05, 3.63) is 39.8 Å². The molecule has 0 amide bonds. The van der Waals surface area contributed by atoms with Gasteiger partial charge in [0.15, 0.2) is 11.5 Å². The summed E-state index contributed by atoms with van der Waals surface area (Å²) in [5.41, 5.74) is 7.97. The Morgan fingerprint density at radius 2 is 2.10 bits per heavy atom. The van der Waals surface area contributed by atoms with Gasteiger partial charge in [0, 0.05) is 24.3 Å². The molecule has 0 saturated carbocycles. The Morgan fingerprint density at radius 1 is 1.30 bits per heavy atom. The molecule has 2 heterocycles. The van der Waals surface area contributed by atoms with Crippen LogP contribution in [0.25, 0.3) is 0 Å². The number of hydrogen-bond donors (Lipinski definition) is 1. The summed E-state index contributed by atoms with van der Waals surface area (Å²) in [4.78, 5) is 4.56. The Bertz CT molecular complexity index is 595. The third-order valence-corrected chi connectivity index (χ3v) is 4.07. The molecule has 2 aromatic rings. The van der Waals surface area contributed by atoms with Crippen LogP contribution in [0.1, 0.15) is 35.7 Å². The van der Waals surface area contributed by atoms with Gasteiger partial charge in [-0.25, -0.2) is 4.98 Å². The maximum atomic E-state index is 5.84. The van der Waals surface area contributed by atoms with Gasteiger partial charge in [-0.05, 0) is 24.6 Å². The number of rotatable bonds is 3. The van der Waals surface area contributed by atoms with Crippen LogP contribution < -0.4 is 15.2 Å². The van der Waals surface area contributed by atoms with Crippen LogP contribution in [0, 0.1) is 0 Å². The highest BCUT2D eigenvalue weighted by Gasteiger charge is 2.12. The molecule has 20 heavy (non-hydrogen) atoms. The number of benzene rings is 1. The van der Waals surface area contributed by atoms with Gasteiger partial charge in [0.1, 0.15) is 0 Å². The maximum absolute atomic E-state index is 5.84. The molecule has 0 fully saturated rings. The SMILES string of the molecule is CC(N)c1csc(Cc2ccc3c(c2)OCCCO3)n1. The van der Waals surface area contributed by atoms with E-state index in [-0.39, 0.29) is 6.04 Å². The Kier molecular flexibility index (Phi) is 3.89. The lowest BCUT2D eigenvalue weighted by Gasteiger charge is -2.08. The summed E-state index contributed by atoms with van der Waals surface area (Å²) in [6, 6.07) is 6.09. The van der Waals surface area contributed by atoms with Crippen molar-refractivity contribution in [2.45, 2.75) is 25.8 Å². The van der Waals surface area contributed by atoms with Gasteiger partial charge < -0.3 is 15.2 Å². The summed E-state index contributed by atoms with van der Waals surface area (Å²) in [7, 11) is 0. The Labute approximate surface area is 122 Å². The molecule has 0 aliphatic carbocycles. The van der Waals surface area contributed by atoms with Gasteiger partial charge in [-0.15, -0.1) is 11.3 Å². The van der Waals surface area contributed by atoms with E-state index in [1.54, 1.807) is 11.3 Å². The van der Waals surface area contributed by atoms with Crippen molar-refractivity contribution in [2.24, 2.45) is 5.73 Å². The number of aromatic nitrogens is 1. The largest absolute Gasteiger partial charge is 0.490 e. The first-order valence-corrected chi connectivity index (χ1v) is 7.69. The van der Waals surface area contributed by atoms with E-state index in [1.165, 1.54) is 5.56 Å². The van der Waals surface area contributed by atoms with E-state index in [2.05, 4.69) is 11.1 Å². The molecule has 4 nitrogen and oxygen atoms in total. The molecule has 2 N–H and O–H groups in total. The molecule has 1 unspecified atom stereocenters. The van der Waals surface area contributed by atoms with Gasteiger partial charge in [0.05, 0.1) is 23.9 Å². The van der Waals surface area contributed by atoms with Crippen LogP contribution in [-0.2, 0) is 6.42 Å². The highest BCUT2D eigenvalue weighted by atomic mass is 32.1. The molecule has 0 radical (unpaired) electrons. The van der Waals surface area contributed by atoms with Crippen LogP contribution >= 0.6 is 11.3 Å². The topological polar surface area (TPSA) is 57.4 Å². The minimum Gasteiger partial charge on any atom is -0.490 e. The second-order valence-corrected chi connectivity index (χ2v) is 5.91. The van der Waals surface area contributed by atoms with Crippen LogP contribution in [0.5, 0.6) is 11.5 Å². The van der Waals surface area contributed by atoms with Crippen molar-refractivity contribution in [1.82, 2.24) is 4.98 Å². The molecule has 0 bridgehead atoms. The van der Waals surface area contributed by atoms with E-state index in [0.717, 1.165) is 41.6 Å². The average molecular weight is 290 g/mol. The predicted octanol–water partition coefficient (Wildman–Crippen LogP) is 2.91. The molecule has 5 heteroatoms. The maximum Gasteiger partial charge on any atom is 0.161 e. The monoisotopic (exact) mass is 290 g/mol. The number of thiazole rings is 1. The normalized spacial score (nSPS) is 15.7. The standard InChI is InChI=1S/C15H18N2O2S/c1-10(16)12-9-20-15(17-12)8-11-3-4-13-14(7-11)19-6-2-5-18-13/h3-4,7,9-10H,2,5-6,8,16H2,1H3. The molecular formula is C15H18N2O2S. The van der Waals surface area contributed by atoms with Crippen LogP contribution in [0.4, 0.5) is 0 Å². The lowest BCUT2D eigenvalue weighted by Crippen LogP contribution is -2.05. The fourth-order valence-corrected chi connectivity index (χ4v) is 3.04. The van der Waals surface area contributed by atoms with Gasteiger partial charge in [-0.1, -0.05) is 6.07 Å². The Hall–Kier alpha value is -1.59. The average Bonchev–Trinajstić information content (AvgIpc) is 2.77. The van der Waals surface area contributed by atoms with Crippen molar-refractivity contribution in [3.63, 3.8) is 0 Å². The minimum atomic E-state index is -0.0104. The van der Waals surface area contributed by atoms with E-state index >= 15 is 0 Å². The zero-order valence-electron chi connectivity index (χ0n) is 11.5. The number of nitrogens with zero attached hydrogens (tertiary/aromatic N) is 1. The number of fused-ring (bicyclic) bond motifs is 1. The lowest BCUT2D eigenvalue weighted by molar-refractivity contribution is 0.297. The van der Waals surface area contributed by atoms with E-state index in [9.17, 15) is 0 Å². The van der Waals surface area contributed by atoms with Crippen molar-refractivity contribution >= 4 is 11.3 Å². The van der Waals surface area contributed by atoms with E-state index in [1.807, 2.05) is 24.4 Å². The molecule has 1 atom stereocenters. The molecule has 0 spiro atoms. The lowest BCUT2D eigenvalue weighted by atomic mass is 10.1. The summed E-state index contributed by atoms with van der Waals surface area (Å²) in [6.45, 7) is 3.38. The fraction of sp³-hybridized carbons (Fsp3) is 0.400. The van der Waals surface area contributed by atoms with Crippen LogP contribution in [0.2, 0.25) is 0 Å². The first-order chi connectivity index (χ1) is 9.72. The zero-order valence-corrected chi connectivity index (χ0v) is 12.3. The number of ether oxygens (including phenoxy) is 2. The number of hydrogen-bond acceptors (Lipinski definition) is 5. The third kappa shape index (κ3) is 2.94. The highest BCUT2D eigenvalue weighted by molar-refractivity contribution is 7.09. The summed E-state index contributed by atoms with van der Waals surface area (Å²) in [5.74, 6) is 1.67. The van der Waals surface area contributed by atoms with Crippen molar-refractivity contribution in [3.8, 4) is 11.5 Å². The molecule has 3 rings (SSSR count). The van der Waals surface area contributed by atoms with Gasteiger partial charge in [0.2, 0.25) is 0 Å². The Balaban J connectivity index is 1.78. The fourth-order valence-electron chi connectivity index (χ4n) is 2.11. The first-order valence-electron chi connectivity index (χ1n) is 6.81. The molecule has 106 valence electrons. The molecular weight excluding hydrogens is 272 g/mol. The van der Waals surface area contributed by atoms with Crippen LogP contribution in [0.3, 0.4) is 0 Å². The van der Waals surface area contributed by atoms with Gasteiger partial charge in [-0.3, -0.25) is 0 Å². The molecule has 1 aromatic heterocycles. The highest BCUT2D eigenvalue weighted by Crippen LogP contribution is 2.31. The summed E-state index contributed by atoms with van der Waals surface area (Å²) in [6.07, 6.45) is 1.72. The van der Waals surface area contributed by atoms with E-state index in [4.69, 9.17) is 15.2 Å². The summed E-state index contributed by atoms with van der Waals surface area (Å²) in [5, 5.41) is 3.11. The number of nitrogens with two attached hydrogens (primary N) is 1. The van der Waals surface area contributed by atoms with Crippen LogP contribution in [0.15, 0.2) is 23.6 Å². The zero-order chi connectivity index (χ0) is 13.9. The van der Waals surface area contributed by atoms with Gasteiger partial charge in [-0.2, -0.15) is 0 Å². The quantitative estimate of drug-likeness (QED) is 0.944. The van der Waals surface area contributed by atoms with Crippen LogP contribution in [-0.4, -0.2) is 18.2 Å². The van der Waals surface area contributed by atoms with Gasteiger partial charge in [0.25, 0.3) is 0 Å². The summed E-state index contributed by atoms with van der Waals surface area (Å²) >= 11 is 1.65. The van der Waals surface area contributed by atoms with Gasteiger partial charge >= 0.3 is 0 Å². The Morgan fingerprint density at radius 3 is 2.85 bits per heavy atom. The molecule has 1 aliphatic heterocycles. The first kappa shape index (κ1) is 13.4. The second kappa shape index (κ2) is 5.81. The molecule has 1 aliphatic rings. The molecule has 1 aromatic carbocycles. The minimum absolute atomic E-state index is 0.0104. The predicted molar refractivity (Wildman–Crippen MR) is 79.6 cm³/mol.